The van der Waals surface area contributed by atoms with Crippen LogP contribution >= 0.6 is 0 Å². The molecule has 0 saturated carbocycles. The van der Waals surface area contributed by atoms with Gasteiger partial charge in [0.25, 0.3) is 5.56 Å². The fourth-order valence-electron chi connectivity index (χ4n) is 5.16. The Morgan fingerprint density at radius 1 is 1.29 bits per heavy atom. The first kappa shape index (κ1) is 23.3. The number of ether oxygens (including phenoxy) is 1. The molecule has 2 aliphatic rings. The van der Waals surface area contributed by atoms with Gasteiger partial charge in [-0.2, -0.15) is 0 Å². The average molecular weight is 490 g/mol. The van der Waals surface area contributed by atoms with E-state index in [2.05, 4.69) is 29.2 Å². The predicted octanol–water partition coefficient (Wildman–Crippen LogP) is 4.18. The van der Waals surface area contributed by atoms with Crippen LogP contribution in [0.3, 0.4) is 0 Å². The van der Waals surface area contributed by atoms with Crippen LogP contribution in [0.2, 0.25) is 19.1 Å². The maximum absolute atomic E-state index is 13.5. The molecule has 1 aromatic carbocycles. The second kappa shape index (κ2) is 8.33. The number of para-hydroxylation sites is 1. The van der Waals surface area contributed by atoms with Crippen LogP contribution in [0.15, 0.2) is 40.2 Å². The summed E-state index contributed by atoms with van der Waals surface area (Å²) in [5, 5.41) is 16.0. The Hall–Kier alpha value is -3.46. The van der Waals surface area contributed by atoms with Gasteiger partial charge in [0.05, 0.1) is 37.1 Å². The highest BCUT2D eigenvalue weighted by molar-refractivity contribution is 6.77. The summed E-state index contributed by atoms with van der Waals surface area (Å²) in [4.78, 5) is 33.8. The van der Waals surface area contributed by atoms with Crippen LogP contribution in [-0.4, -0.2) is 34.9 Å². The number of benzene rings is 1. The molecule has 9 nitrogen and oxygen atoms in total. The summed E-state index contributed by atoms with van der Waals surface area (Å²) in [5.74, 6) is -0.727. The lowest BCUT2D eigenvalue weighted by Crippen LogP contribution is -2.44. The fraction of sp³-hybridized carbons (Fsp3) is 0.400. The van der Waals surface area contributed by atoms with Crippen molar-refractivity contribution >= 4 is 24.9 Å². The van der Waals surface area contributed by atoms with Crippen molar-refractivity contribution in [1.29, 1.82) is 0 Å². The molecule has 180 valence electrons. The van der Waals surface area contributed by atoms with E-state index in [9.17, 15) is 14.7 Å². The van der Waals surface area contributed by atoms with Crippen molar-refractivity contribution in [3.05, 3.63) is 73.4 Å². The second-order valence-electron chi connectivity index (χ2n) is 10.1. The quantitative estimate of drug-likeness (QED) is 0.143. The third kappa shape index (κ3) is 3.65. The van der Waals surface area contributed by atoms with Crippen LogP contribution in [0.25, 0.3) is 32.7 Å². The number of nitrogens with zero attached hydrogens (tertiary/aromatic N) is 5. The van der Waals surface area contributed by atoms with Gasteiger partial charge >= 0.3 is 5.97 Å². The largest absolute Gasteiger partial charge is 0.458 e. The van der Waals surface area contributed by atoms with E-state index in [1.807, 2.05) is 18.2 Å². The third-order valence-electron chi connectivity index (χ3n) is 7.33. The van der Waals surface area contributed by atoms with Crippen LogP contribution in [0.1, 0.15) is 35.6 Å². The van der Waals surface area contributed by atoms with Crippen LogP contribution in [0.5, 0.6) is 0 Å². The smallest absolute Gasteiger partial charge is 0.343 e. The molecule has 0 saturated heterocycles. The normalized spacial score (nSPS) is 18.5. The lowest BCUT2D eigenvalue weighted by atomic mass is 9.86. The lowest BCUT2D eigenvalue weighted by Gasteiger charge is -2.31. The number of carbonyl (C=O) groups excluding carboxylic acids is 1. The number of hydrogen-bond donors (Lipinski definition) is 1. The Kier molecular flexibility index (Phi) is 5.55. The molecule has 0 fully saturated rings. The monoisotopic (exact) mass is 489 g/mol. The van der Waals surface area contributed by atoms with Crippen LogP contribution < -0.4 is 5.56 Å². The van der Waals surface area contributed by atoms with Crippen LogP contribution in [-0.2, 0) is 34.7 Å². The van der Waals surface area contributed by atoms with Gasteiger partial charge in [-0.25, -0.2) is 9.78 Å². The Morgan fingerprint density at radius 3 is 2.80 bits per heavy atom. The topological polar surface area (TPSA) is 130 Å². The molecule has 1 N–H and O–H groups in total. The van der Waals surface area contributed by atoms with Crippen molar-refractivity contribution in [3.8, 4) is 11.4 Å². The molecule has 3 aromatic rings. The number of carbonyl (C=O) groups is 1. The van der Waals surface area contributed by atoms with E-state index in [4.69, 9.17) is 15.3 Å². The van der Waals surface area contributed by atoms with E-state index >= 15 is 0 Å². The first-order chi connectivity index (χ1) is 16.7. The zero-order valence-electron chi connectivity index (χ0n) is 20.0. The number of azide groups is 1. The van der Waals surface area contributed by atoms with Gasteiger partial charge in [-0.15, -0.1) is 0 Å². The lowest BCUT2D eigenvalue weighted by molar-refractivity contribution is -0.172. The van der Waals surface area contributed by atoms with Crippen molar-refractivity contribution in [2.75, 3.05) is 6.17 Å². The van der Waals surface area contributed by atoms with Gasteiger partial charge in [-0.05, 0) is 36.1 Å². The summed E-state index contributed by atoms with van der Waals surface area (Å²) in [6, 6.07) is 10.6. The Labute approximate surface area is 203 Å². The number of cyclic esters (lactones) is 1. The Balaban J connectivity index is 1.68. The van der Waals surface area contributed by atoms with Gasteiger partial charge < -0.3 is 14.4 Å². The van der Waals surface area contributed by atoms with Crippen molar-refractivity contribution in [2.24, 2.45) is 5.11 Å². The van der Waals surface area contributed by atoms with Gasteiger partial charge in [0, 0.05) is 27.6 Å². The number of aryl methyl sites for hydroxylation is 1. The summed E-state index contributed by atoms with van der Waals surface area (Å²) in [6.45, 7) is 6.34. The highest BCUT2D eigenvalue weighted by Crippen LogP contribution is 2.40. The molecule has 0 aliphatic carbocycles. The summed E-state index contributed by atoms with van der Waals surface area (Å²) >= 11 is 0. The number of fused-ring (bicyclic) bond motifs is 5. The molecule has 0 radical (unpaired) electrons. The molecule has 10 heteroatoms. The predicted molar refractivity (Wildman–Crippen MR) is 135 cm³/mol. The minimum atomic E-state index is -1.85. The van der Waals surface area contributed by atoms with Crippen molar-refractivity contribution in [2.45, 2.75) is 57.7 Å². The number of rotatable bonds is 6. The Bertz CT molecular complexity index is 1490. The standard InChI is InChI=1S/C25H27N5O4Si/c1-4-25(33)19-11-21-22-17(12-30(21)23(31)18(19)13-34-24(25)32)15(9-10-35(2,3)14-27-29-26)16-7-5-6-8-20(16)28-22/h5-8,11,33H,4,9-10,12-14H2,1-3H3/t25-/m0/s1. The fourth-order valence-corrected chi connectivity index (χ4v) is 6.69. The molecule has 1 atom stereocenters. The zero-order valence-corrected chi connectivity index (χ0v) is 21.0. The highest BCUT2D eigenvalue weighted by Gasteiger charge is 2.45. The SMILES string of the molecule is CC[C@@]1(O)C(=O)OCc2c1cc1n(c2=O)Cc2c-1nc1ccccc1c2CC[Si](C)(C)CN=[N+]=[N-]. The van der Waals surface area contributed by atoms with Gasteiger partial charge in [-0.3, -0.25) is 4.79 Å². The van der Waals surface area contributed by atoms with E-state index in [0.29, 0.717) is 35.2 Å². The number of pyridine rings is 2. The van der Waals surface area contributed by atoms with Crippen molar-refractivity contribution in [3.63, 3.8) is 0 Å². The first-order valence-electron chi connectivity index (χ1n) is 11.8. The summed E-state index contributed by atoms with van der Waals surface area (Å²) < 4.78 is 6.85. The maximum atomic E-state index is 13.5. The summed E-state index contributed by atoms with van der Waals surface area (Å²) in [7, 11) is -1.77. The van der Waals surface area contributed by atoms with Crippen molar-refractivity contribution < 1.29 is 14.6 Å². The number of esters is 1. The van der Waals surface area contributed by atoms with E-state index in [-0.39, 0.29) is 18.6 Å². The Morgan fingerprint density at radius 2 is 2.06 bits per heavy atom. The molecule has 0 unspecified atom stereocenters. The molecule has 0 amide bonds. The minimum absolute atomic E-state index is 0.107. The molecule has 2 aliphatic heterocycles. The van der Waals surface area contributed by atoms with E-state index < -0.39 is 19.6 Å². The molecule has 4 heterocycles. The van der Waals surface area contributed by atoms with E-state index in [0.717, 1.165) is 34.5 Å². The summed E-state index contributed by atoms with van der Waals surface area (Å²) in [5.41, 5.74) is 11.6. The molecule has 0 spiro atoms. The molecule has 2 aromatic heterocycles. The third-order valence-corrected chi connectivity index (χ3v) is 9.93. The van der Waals surface area contributed by atoms with Crippen LogP contribution in [0.4, 0.5) is 0 Å². The highest BCUT2D eigenvalue weighted by atomic mass is 28.3. The van der Waals surface area contributed by atoms with E-state index in [1.54, 1.807) is 17.6 Å². The molecule has 5 rings (SSSR count). The number of aliphatic hydroxyl groups is 1. The van der Waals surface area contributed by atoms with Gasteiger partial charge in [0.2, 0.25) is 0 Å². The molecular weight excluding hydrogens is 462 g/mol. The van der Waals surface area contributed by atoms with Gasteiger partial charge in [-0.1, -0.05) is 49.4 Å². The zero-order chi connectivity index (χ0) is 25.0. The van der Waals surface area contributed by atoms with Crippen molar-refractivity contribution in [1.82, 2.24) is 9.55 Å². The summed E-state index contributed by atoms with van der Waals surface area (Å²) in [6.07, 6.45) is 1.43. The first-order valence-corrected chi connectivity index (χ1v) is 15.2. The van der Waals surface area contributed by atoms with Gasteiger partial charge in [0.1, 0.15) is 6.61 Å². The minimum Gasteiger partial charge on any atom is -0.458 e. The second-order valence-corrected chi connectivity index (χ2v) is 15.2. The molecule has 0 bridgehead atoms. The number of hydrogen-bond acceptors (Lipinski definition) is 6. The molecular formula is C25H27N5O4Si. The van der Waals surface area contributed by atoms with Gasteiger partial charge in [0.15, 0.2) is 5.60 Å². The number of aromatic nitrogens is 2. The van der Waals surface area contributed by atoms with E-state index in [1.165, 1.54) is 0 Å². The van der Waals surface area contributed by atoms with Crippen LogP contribution in [0, 0.1) is 0 Å². The maximum Gasteiger partial charge on any atom is 0.343 e. The average Bonchev–Trinajstić information content (AvgIpc) is 3.22. The molecule has 35 heavy (non-hydrogen) atoms.